The van der Waals surface area contributed by atoms with E-state index in [1.807, 2.05) is 0 Å². The fraction of sp³-hybridized carbons (Fsp3) is 0.889. The second-order valence-corrected chi connectivity index (χ2v) is 5.19. The molecule has 1 saturated heterocycles. The van der Waals surface area contributed by atoms with Gasteiger partial charge < -0.3 is 110 Å². The first-order chi connectivity index (χ1) is 10.2. The van der Waals surface area contributed by atoms with Crippen LogP contribution in [0.15, 0.2) is 0 Å². The summed E-state index contributed by atoms with van der Waals surface area (Å²) >= 11 is 0. The van der Waals surface area contributed by atoms with Gasteiger partial charge in [-0.2, -0.15) is 0 Å². The minimum absolute atomic E-state index is 0. The second kappa shape index (κ2) is 39.6. The van der Waals surface area contributed by atoms with Crippen LogP contribution in [0.5, 0.6) is 0 Å². The monoisotopic (exact) mass is 654 g/mol. The van der Waals surface area contributed by atoms with E-state index in [2.05, 4.69) is 4.74 Å². The number of hydrogen-bond donors (Lipinski definition) is 8. The van der Waals surface area contributed by atoms with Crippen LogP contribution in [0.2, 0.25) is 0 Å². The molecular formula is C9H19Cl4K2MgNa2O13P. The molecule has 32 heavy (non-hydrogen) atoms. The molecular weight excluding hydrogens is 637 g/mol. The SMILES string of the molecule is CC(O)C(=O)[O-].O=P([O-])(O)O.OCC1OC(O)C(O)C(O)C1O.[Cl-].[Cl-].[Cl-].[Cl-].[K+].[K+].[Mg+2].[Na+].[Na+]. The second-order valence-electron chi connectivity index (χ2n) is 4.21. The minimum atomic E-state index is -4.89. The number of aliphatic carboxylic acids is 1. The van der Waals surface area contributed by atoms with Gasteiger partial charge in [-0.15, -0.1) is 0 Å². The molecule has 1 rings (SSSR count). The molecule has 6 unspecified atom stereocenters. The first kappa shape index (κ1) is 71.6. The average molecular weight is 657 g/mol. The zero-order valence-corrected chi connectivity index (χ0v) is 33.5. The average Bonchev–Trinajstić information content (AvgIpc) is 2.39. The molecule has 1 heterocycles. The van der Waals surface area contributed by atoms with Crippen molar-refractivity contribution in [1.29, 1.82) is 0 Å². The van der Waals surface area contributed by atoms with Gasteiger partial charge in [-0.25, -0.2) is 0 Å². The van der Waals surface area contributed by atoms with E-state index >= 15 is 0 Å². The number of carboxylic acids is 1. The maximum absolute atomic E-state index is 9.34. The first-order valence-electron chi connectivity index (χ1n) is 5.86. The Morgan fingerprint density at radius 3 is 1.41 bits per heavy atom. The number of hydrogen-bond acceptors (Lipinski definition) is 11. The van der Waals surface area contributed by atoms with E-state index in [-0.39, 0.29) is 235 Å². The molecule has 6 atom stereocenters. The Morgan fingerprint density at radius 1 is 0.969 bits per heavy atom. The molecule has 0 saturated carbocycles. The van der Waals surface area contributed by atoms with Crippen molar-refractivity contribution in [3.63, 3.8) is 0 Å². The molecule has 0 radical (unpaired) electrons. The van der Waals surface area contributed by atoms with Gasteiger partial charge in [0.1, 0.15) is 24.4 Å². The van der Waals surface area contributed by atoms with E-state index in [1.165, 1.54) is 0 Å². The van der Waals surface area contributed by atoms with Crippen molar-refractivity contribution in [2.45, 2.75) is 43.7 Å². The number of aliphatic hydroxyl groups excluding tert-OH is 6. The minimum Gasteiger partial charge on any atom is -1.00 e. The van der Waals surface area contributed by atoms with Gasteiger partial charge in [-0.05, 0) is 6.92 Å². The summed E-state index contributed by atoms with van der Waals surface area (Å²) in [5, 5.41) is 62.0. The van der Waals surface area contributed by atoms with E-state index in [1.54, 1.807) is 0 Å². The van der Waals surface area contributed by atoms with Crippen LogP contribution in [-0.4, -0.2) is 113 Å². The number of carbonyl (C=O) groups excluding carboxylic acids is 1. The van der Waals surface area contributed by atoms with Crippen LogP contribution < -0.4 is 222 Å². The van der Waals surface area contributed by atoms with Crippen molar-refractivity contribution in [2.24, 2.45) is 0 Å². The Balaban J connectivity index is -0.0000000219. The Labute approximate surface area is 355 Å². The van der Waals surface area contributed by atoms with Crippen molar-refractivity contribution in [1.82, 2.24) is 0 Å². The number of halogens is 4. The summed E-state index contributed by atoms with van der Waals surface area (Å²) in [7, 11) is -4.89. The number of carbonyl (C=O) groups is 1. The molecule has 0 spiro atoms. The Hall–Kier alpha value is 6.50. The summed E-state index contributed by atoms with van der Waals surface area (Å²) in [5.74, 6) is -1.44. The fourth-order valence-corrected chi connectivity index (χ4v) is 1.08. The van der Waals surface area contributed by atoms with E-state index in [0.717, 1.165) is 6.92 Å². The van der Waals surface area contributed by atoms with Crippen LogP contribution in [0.3, 0.4) is 0 Å². The molecule has 13 nitrogen and oxygen atoms in total. The summed E-state index contributed by atoms with van der Waals surface area (Å²) in [6, 6.07) is 0. The van der Waals surface area contributed by atoms with E-state index in [4.69, 9.17) is 49.9 Å². The van der Waals surface area contributed by atoms with E-state index in [0.29, 0.717) is 0 Å². The van der Waals surface area contributed by atoms with Gasteiger partial charge in [0.2, 0.25) is 0 Å². The summed E-state index contributed by atoms with van der Waals surface area (Å²) in [4.78, 5) is 32.3. The van der Waals surface area contributed by atoms with E-state index < -0.39 is 57.2 Å². The predicted molar refractivity (Wildman–Crippen MR) is 70.5 cm³/mol. The van der Waals surface area contributed by atoms with E-state index in [9.17, 15) is 9.90 Å². The Bertz CT molecular complexity index is 413. The van der Waals surface area contributed by atoms with Gasteiger partial charge in [-0.3, -0.25) is 4.57 Å². The zero-order valence-electron chi connectivity index (χ0n) is 18.0. The van der Waals surface area contributed by atoms with Crippen LogP contribution in [0.25, 0.3) is 0 Å². The van der Waals surface area contributed by atoms with Gasteiger partial charge in [-0.1, -0.05) is 0 Å². The van der Waals surface area contributed by atoms with Crippen molar-refractivity contribution >= 4 is 36.8 Å². The molecule has 172 valence electrons. The summed E-state index contributed by atoms with van der Waals surface area (Å²) < 4.78 is 13.3. The van der Waals surface area contributed by atoms with Crippen molar-refractivity contribution < 1.29 is 276 Å². The van der Waals surface area contributed by atoms with Crippen molar-refractivity contribution in [2.75, 3.05) is 6.61 Å². The van der Waals surface area contributed by atoms with Gasteiger partial charge in [0.05, 0.1) is 18.7 Å². The Morgan fingerprint density at radius 2 is 1.22 bits per heavy atom. The van der Waals surface area contributed by atoms with Gasteiger partial charge in [0, 0.05) is 0 Å². The Kier molecular flexibility index (Phi) is 88.7. The molecule has 8 N–H and O–H groups in total. The fourth-order valence-electron chi connectivity index (χ4n) is 1.08. The van der Waals surface area contributed by atoms with Crippen molar-refractivity contribution in [3.05, 3.63) is 0 Å². The largest absolute Gasteiger partial charge is 2.00 e. The normalized spacial score (nSPS) is 22.9. The molecule has 0 aromatic rings. The topological polar surface area (TPSA) is 251 Å². The van der Waals surface area contributed by atoms with Crippen LogP contribution in [0.1, 0.15) is 6.92 Å². The standard InChI is InChI=1S/C6H12O6.C3H6O3.4ClH.2K.Mg.2Na.H3O4P/c7-1-2-3(8)4(9)5(10)6(11)12-2;1-2(4)3(5)6;;;;;;;;;;1-5(2,3)4/h2-11H,1H2;2,4H,1H3,(H,5,6);4*1H;;;;;;(H3,1,2,3,4)/q;;;;;;2*+1;+2;2*+1;/p-6. The molecule has 0 amide bonds. The molecule has 0 aromatic carbocycles. The van der Waals surface area contributed by atoms with Crippen LogP contribution in [-0.2, 0) is 14.1 Å². The molecule has 1 aliphatic rings. The zero-order chi connectivity index (χ0) is 19.0. The molecule has 0 aromatic heterocycles. The maximum atomic E-state index is 9.34. The number of carboxylic acid groups (broad SMARTS) is 1. The third-order valence-electron chi connectivity index (χ3n) is 2.21. The number of phosphoric acid groups is 1. The number of rotatable bonds is 2. The summed E-state index contributed by atoms with van der Waals surface area (Å²) in [6.45, 7) is 0.608. The third-order valence-corrected chi connectivity index (χ3v) is 2.21. The van der Waals surface area contributed by atoms with Gasteiger partial charge in [0.25, 0.3) is 7.82 Å². The van der Waals surface area contributed by atoms with Crippen LogP contribution in [0, 0.1) is 0 Å². The summed E-state index contributed by atoms with van der Waals surface area (Å²) in [6.07, 6.45) is -8.38. The molecule has 1 fully saturated rings. The number of ether oxygens (including phenoxy) is 1. The first-order valence-corrected chi connectivity index (χ1v) is 7.39. The summed E-state index contributed by atoms with van der Waals surface area (Å²) in [5.41, 5.74) is 0. The van der Waals surface area contributed by atoms with Crippen LogP contribution >= 0.6 is 7.82 Å². The van der Waals surface area contributed by atoms with Crippen LogP contribution in [0.4, 0.5) is 0 Å². The molecule has 0 aliphatic carbocycles. The van der Waals surface area contributed by atoms with Gasteiger partial charge in [0.15, 0.2) is 6.29 Å². The predicted octanol–water partition coefficient (Wildman–Crippen LogP) is -31.0. The quantitative estimate of drug-likeness (QED) is 0.102. The maximum Gasteiger partial charge on any atom is 2.00 e. The van der Waals surface area contributed by atoms with Crippen molar-refractivity contribution in [3.8, 4) is 0 Å². The van der Waals surface area contributed by atoms with Gasteiger partial charge >= 0.3 is 185 Å². The third kappa shape index (κ3) is 43.5. The number of aliphatic hydroxyl groups is 6. The smallest absolute Gasteiger partial charge is 1.00 e. The molecule has 23 heteroatoms. The molecule has 0 bridgehead atoms. The molecule has 1 aliphatic heterocycles.